The molecule has 0 unspecified atom stereocenters. The molecule has 2 rings (SSSR count). The molecule has 1 nitrogen and oxygen atoms in total. The Morgan fingerprint density at radius 2 is 1.79 bits per heavy atom. The number of fused-ring (bicyclic) bond motifs is 1. The van der Waals surface area contributed by atoms with Crippen LogP contribution in [0.25, 0.3) is 16.3 Å². The van der Waals surface area contributed by atoms with Crippen molar-refractivity contribution in [3.05, 3.63) is 54.6 Å². The third-order valence-electron chi connectivity index (χ3n) is 2.22. The number of rotatable bonds is 2. The fourth-order valence-electron chi connectivity index (χ4n) is 1.44. The van der Waals surface area contributed by atoms with Crippen molar-refractivity contribution in [3.8, 4) is 0 Å². The van der Waals surface area contributed by atoms with E-state index in [4.69, 9.17) is 0 Å². The molecule has 0 aliphatic carbocycles. The minimum absolute atomic E-state index is 0.399. The summed E-state index contributed by atoms with van der Waals surface area (Å²) in [6.07, 6.45) is 1.80. The second-order valence-electron chi connectivity index (χ2n) is 3.14. The van der Waals surface area contributed by atoms with Crippen LogP contribution < -0.4 is 0 Å². The first kappa shape index (κ1) is 8.70. The van der Waals surface area contributed by atoms with Gasteiger partial charge in [0.05, 0.1) is 0 Å². The zero-order chi connectivity index (χ0) is 9.97. The summed E-state index contributed by atoms with van der Waals surface area (Å²) in [5.74, 6) is 0. The Bertz CT molecular complexity index is 497. The first-order valence-electron chi connectivity index (χ1n) is 4.37. The molecular weight excluding hydrogens is 172 g/mol. The number of benzene rings is 2. The van der Waals surface area contributed by atoms with Crippen molar-refractivity contribution in [1.29, 1.82) is 0 Å². The molecule has 14 heavy (non-hydrogen) atoms. The molecule has 2 aromatic carbocycles. The van der Waals surface area contributed by atoms with Gasteiger partial charge in [-0.25, -0.2) is 0 Å². The molecule has 1 radical (unpaired) electrons. The average molecular weight is 181 g/mol. The van der Waals surface area contributed by atoms with E-state index in [2.05, 4.69) is 6.58 Å². The van der Waals surface area contributed by atoms with E-state index in [9.17, 15) is 4.79 Å². The topological polar surface area (TPSA) is 17.1 Å². The third-order valence-corrected chi connectivity index (χ3v) is 2.22. The molecule has 0 aliphatic rings. The largest absolute Gasteiger partial charge is 0.285 e. The molecule has 0 amide bonds. The zero-order valence-electron chi connectivity index (χ0n) is 7.66. The first-order chi connectivity index (χ1) is 6.81. The molecule has 67 valence electrons. The Balaban J connectivity index is 2.62. The Kier molecular flexibility index (Phi) is 2.15. The highest BCUT2D eigenvalue weighted by atomic mass is 16.1. The summed E-state index contributed by atoms with van der Waals surface area (Å²) in [4.78, 5) is 10.4. The van der Waals surface area contributed by atoms with Gasteiger partial charge in [0, 0.05) is 5.57 Å². The van der Waals surface area contributed by atoms with Crippen LogP contribution in [0.5, 0.6) is 0 Å². The van der Waals surface area contributed by atoms with Crippen LogP contribution in [0.1, 0.15) is 5.56 Å². The van der Waals surface area contributed by atoms with Crippen LogP contribution in [0.3, 0.4) is 0 Å². The molecule has 0 heterocycles. The van der Waals surface area contributed by atoms with Gasteiger partial charge in [-0.2, -0.15) is 0 Å². The van der Waals surface area contributed by atoms with Crippen molar-refractivity contribution in [3.63, 3.8) is 0 Å². The van der Waals surface area contributed by atoms with Crippen molar-refractivity contribution in [2.75, 3.05) is 0 Å². The van der Waals surface area contributed by atoms with Crippen LogP contribution in [0.15, 0.2) is 49.0 Å². The van der Waals surface area contributed by atoms with E-state index in [1.165, 1.54) is 0 Å². The third kappa shape index (κ3) is 1.44. The smallest absolute Gasteiger partial charge is 0.233 e. The van der Waals surface area contributed by atoms with Gasteiger partial charge in [0.2, 0.25) is 6.29 Å². The van der Waals surface area contributed by atoms with Gasteiger partial charge in [-0.3, -0.25) is 4.79 Å². The highest BCUT2D eigenvalue weighted by molar-refractivity contribution is 6.07. The summed E-state index contributed by atoms with van der Waals surface area (Å²) in [5, 5.41) is 2.27. The second-order valence-corrected chi connectivity index (χ2v) is 3.14. The molecule has 0 aliphatic heterocycles. The van der Waals surface area contributed by atoms with Crippen molar-refractivity contribution in [1.82, 2.24) is 0 Å². The number of allylic oxidation sites excluding steroid dienone is 1. The van der Waals surface area contributed by atoms with Crippen LogP contribution in [-0.2, 0) is 4.79 Å². The lowest BCUT2D eigenvalue weighted by Gasteiger charge is -2.00. The molecule has 0 atom stereocenters. The summed E-state index contributed by atoms with van der Waals surface area (Å²) in [7, 11) is 0. The van der Waals surface area contributed by atoms with Gasteiger partial charge in [0.25, 0.3) is 0 Å². The number of hydrogen-bond acceptors (Lipinski definition) is 1. The summed E-state index contributed by atoms with van der Waals surface area (Å²) in [6, 6.07) is 13.8. The molecule has 0 N–H and O–H groups in total. The Labute approximate surface area is 82.7 Å². The van der Waals surface area contributed by atoms with Gasteiger partial charge in [-0.15, -0.1) is 0 Å². The minimum atomic E-state index is 0.399. The van der Waals surface area contributed by atoms with Crippen LogP contribution >= 0.6 is 0 Å². The SMILES string of the molecule is C=C([C]=O)c1ccc2ccccc2c1. The maximum Gasteiger partial charge on any atom is 0.233 e. The predicted molar refractivity (Wildman–Crippen MR) is 58.7 cm³/mol. The Morgan fingerprint density at radius 3 is 2.50 bits per heavy atom. The van der Waals surface area contributed by atoms with E-state index in [-0.39, 0.29) is 0 Å². The molecule has 0 saturated heterocycles. The first-order valence-corrected chi connectivity index (χ1v) is 4.37. The zero-order valence-corrected chi connectivity index (χ0v) is 7.66. The van der Waals surface area contributed by atoms with Crippen LogP contribution in [0.4, 0.5) is 0 Å². The standard InChI is InChI=1S/C13H9O/c1-10(9-14)12-7-6-11-4-2-3-5-13(11)8-12/h2-8H,1H2. The van der Waals surface area contributed by atoms with E-state index < -0.39 is 0 Å². The summed E-state index contributed by atoms with van der Waals surface area (Å²) >= 11 is 0. The lowest BCUT2D eigenvalue weighted by molar-refractivity contribution is 0.565. The summed E-state index contributed by atoms with van der Waals surface area (Å²) in [5.41, 5.74) is 1.23. The van der Waals surface area contributed by atoms with Gasteiger partial charge in [-0.1, -0.05) is 43.0 Å². The van der Waals surface area contributed by atoms with Gasteiger partial charge in [-0.05, 0) is 22.4 Å². The van der Waals surface area contributed by atoms with Gasteiger partial charge < -0.3 is 0 Å². The van der Waals surface area contributed by atoms with Crippen molar-refractivity contribution < 1.29 is 4.79 Å². The molecule has 2 aromatic rings. The highest BCUT2D eigenvalue weighted by Crippen LogP contribution is 2.18. The molecular formula is C13H9O. The average Bonchev–Trinajstić information content (AvgIpc) is 2.27. The predicted octanol–water partition coefficient (Wildman–Crippen LogP) is 2.96. The van der Waals surface area contributed by atoms with E-state index >= 15 is 0 Å². The van der Waals surface area contributed by atoms with Crippen LogP contribution in [-0.4, -0.2) is 6.29 Å². The number of carbonyl (C=O) groups excluding carboxylic acids is 1. The van der Waals surface area contributed by atoms with Gasteiger partial charge in [0.15, 0.2) is 0 Å². The maximum atomic E-state index is 10.4. The van der Waals surface area contributed by atoms with Crippen molar-refractivity contribution in [2.24, 2.45) is 0 Å². The van der Waals surface area contributed by atoms with Crippen LogP contribution in [0, 0.1) is 0 Å². The van der Waals surface area contributed by atoms with Crippen LogP contribution in [0.2, 0.25) is 0 Å². The lowest BCUT2D eigenvalue weighted by atomic mass is 10.0. The van der Waals surface area contributed by atoms with E-state index in [1.807, 2.05) is 42.5 Å². The van der Waals surface area contributed by atoms with E-state index in [1.54, 1.807) is 6.29 Å². The second kappa shape index (κ2) is 3.46. The Morgan fingerprint density at radius 1 is 1.07 bits per heavy atom. The summed E-state index contributed by atoms with van der Waals surface area (Å²) in [6.45, 7) is 3.63. The molecule has 0 spiro atoms. The molecule has 1 heteroatoms. The minimum Gasteiger partial charge on any atom is -0.285 e. The van der Waals surface area contributed by atoms with Crippen molar-refractivity contribution in [2.45, 2.75) is 0 Å². The lowest BCUT2D eigenvalue weighted by Crippen LogP contribution is -1.83. The van der Waals surface area contributed by atoms with E-state index in [0.717, 1.165) is 16.3 Å². The molecule has 0 bridgehead atoms. The fourth-order valence-corrected chi connectivity index (χ4v) is 1.44. The summed E-state index contributed by atoms with van der Waals surface area (Å²) < 4.78 is 0. The molecule has 0 aromatic heterocycles. The fraction of sp³-hybridized carbons (Fsp3) is 0. The quantitative estimate of drug-likeness (QED) is 0.651. The molecule has 0 saturated carbocycles. The highest BCUT2D eigenvalue weighted by Gasteiger charge is 1.99. The maximum absolute atomic E-state index is 10.4. The number of hydrogen-bond donors (Lipinski definition) is 0. The monoisotopic (exact) mass is 181 g/mol. The molecule has 0 fully saturated rings. The van der Waals surface area contributed by atoms with Gasteiger partial charge in [0.1, 0.15) is 0 Å². The van der Waals surface area contributed by atoms with Gasteiger partial charge >= 0.3 is 0 Å². The van der Waals surface area contributed by atoms with E-state index in [0.29, 0.717) is 5.57 Å². The van der Waals surface area contributed by atoms with Crippen molar-refractivity contribution >= 4 is 22.6 Å². The normalized spacial score (nSPS) is 10.0. The Hall–Kier alpha value is -1.89.